The molecule has 0 aliphatic carbocycles. The van der Waals surface area contributed by atoms with Gasteiger partial charge in [-0.3, -0.25) is 0 Å². The zero-order valence-corrected chi connectivity index (χ0v) is 5.00. The molecule has 0 rings (SSSR count). The van der Waals surface area contributed by atoms with Gasteiger partial charge in [-0.2, -0.15) is 0 Å². The van der Waals surface area contributed by atoms with E-state index < -0.39 is 23.7 Å². The highest BCUT2D eigenvalue weighted by atomic mass is 19.4. The lowest BCUT2D eigenvalue weighted by atomic mass is 10.8. The van der Waals surface area contributed by atoms with Crippen molar-refractivity contribution in [2.75, 3.05) is 0 Å². The van der Waals surface area contributed by atoms with Gasteiger partial charge in [0.2, 0.25) is 0 Å². The highest BCUT2D eigenvalue weighted by Gasteiger charge is 2.57. The van der Waals surface area contributed by atoms with E-state index in [0.29, 0.717) is 0 Å². The van der Waals surface area contributed by atoms with Gasteiger partial charge in [-0.15, -0.1) is 35.6 Å². The molecule has 0 N–H and O–H groups in total. The molecule has 1 amide bonds. The number of rotatable bonds is 0. The van der Waals surface area contributed by atoms with Crippen LogP contribution in [0.5, 0.6) is 0 Å². The van der Waals surface area contributed by atoms with Gasteiger partial charge in [-0.1, -0.05) is 0 Å². The smallest absolute Gasteiger partial charge is 0.234 e. The summed E-state index contributed by atoms with van der Waals surface area (Å²) >= 11 is 0. The SMILES string of the molecule is O=C(F)N(C(F)(F)F)C(F)(F)F. The summed E-state index contributed by atoms with van der Waals surface area (Å²) in [6.07, 6.45) is -15.8. The van der Waals surface area contributed by atoms with E-state index in [2.05, 4.69) is 0 Å². The number of hydrogen-bond donors (Lipinski definition) is 0. The van der Waals surface area contributed by atoms with E-state index in [9.17, 15) is 35.5 Å². The van der Waals surface area contributed by atoms with E-state index >= 15 is 0 Å². The van der Waals surface area contributed by atoms with Crippen LogP contribution in [0, 0.1) is 0 Å². The molecule has 0 unspecified atom stereocenters. The van der Waals surface area contributed by atoms with Crippen LogP contribution in [-0.4, -0.2) is 23.7 Å². The Bertz CT molecular complexity index is 166. The van der Waals surface area contributed by atoms with Crippen LogP contribution in [0.25, 0.3) is 0 Å². The molecule has 2 nitrogen and oxygen atoms in total. The van der Waals surface area contributed by atoms with Crippen LogP contribution in [0.1, 0.15) is 0 Å². The Morgan fingerprint density at radius 1 is 0.917 bits per heavy atom. The van der Waals surface area contributed by atoms with Gasteiger partial charge in [0.1, 0.15) is 0 Å². The van der Waals surface area contributed by atoms with Gasteiger partial charge < -0.3 is 0 Å². The molecule has 0 saturated heterocycles. The first-order valence-electron chi connectivity index (χ1n) is 2.20. The first-order valence-corrected chi connectivity index (χ1v) is 2.20. The molecule has 0 aliphatic rings. The van der Waals surface area contributed by atoms with E-state index in [1.54, 1.807) is 0 Å². The third kappa shape index (κ3) is 2.55. The van der Waals surface area contributed by atoms with Crippen molar-refractivity contribution in [3.63, 3.8) is 0 Å². The van der Waals surface area contributed by atoms with E-state index in [0.717, 1.165) is 0 Å². The number of carbonyl (C=O) groups excluding carboxylic acids is 1. The maximum Gasteiger partial charge on any atom is 0.496 e. The molecule has 0 aliphatic heterocycles. The quantitative estimate of drug-likeness (QED) is 0.333. The van der Waals surface area contributed by atoms with Gasteiger partial charge in [0.05, 0.1) is 0 Å². The van der Waals surface area contributed by atoms with Crippen LogP contribution >= 0.6 is 0 Å². The van der Waals surface area contributed by atoms with Crippen molar-refractivity contribution in [1.82, 2.24) is 4.90 Å². The van der Waals surface area contributed by atoms with Gasteiger partial charge in [-0.25, -0.2) is 4.79 Å². The molecule has 0 saturated carbocycles. The van der Waals surface area contributed by atoms with E-state index in [1.807, 2.05) is 0 Å². The van der Waals surface area contributed by atoms with Crippen molar-refractivity contribution < 1.29 is 35.5 Å². The number of amides is 1. The van der Waals surface area contributed by atoms with E-state index in [-0.39, 0.29) is 0 Å². The number of hydrogen-bond acceptors (Lipinski definition) is 1. The molecule has 0 aromatic heterocycles. The van der Waals surface area contributed by atoms with Crippen molar-refractivity contribution in [2.24, 2.45) is 0 Å². The Morgan fingerprint density at radius 2 is 1.17 bits per heavy atom. The second kappa shape index (κ2) is 2.79. The van der Waals surface area contributed by atoms with Crippen LogP contribution in [-0.2, 0) is 0 Å². The largest absolute Gasteiger partial charge is 0.496 e. The summed E-state index contributed by atoms with van der Waals surface area (Å²) in [6, 6.07) is 0. The maximum absolute atomic E-state index is 11.2. The predicted octanol–water partition coefficient (Wildman–Crippen LogP) is 2.42. The van der Waals surface area contributed by atoms with Crippen molar-refractivity contribution in [3.05, 3.63) is 0 Å². The van der Waals surface area contributed by atoms with Crippen LogP contribution < -0.4 is 0 Å². The molecule has 0 heterocycles. The summed E-state index contributed by atoms with van der Waals surface area (Å²) in [5.41, 5.74) is 0. The van der Waals surface area contributed by atoms with Crippen LogP contribution in [0.3, 0.4) is 0 Å². The molecule has 0 radical (unpaired) electrons. The minimum Gasteiger partial charge on any atom is -0.234 e. The topological polar surface area (TPSA) is 20.3 Å². The van der Waals surface area contributed by atoms with Crippen LogP contribution in [0.2, 0.25) is 0 Å². The third-order valence-electron chi connectivity index (χ3n) is 0.683. The zero-order chi connectivity index (χ0) is 10.2. The van der Waals surface area contributed by atoms with Gasteiger partial charge in [-0.05, 0) is 0 Å². The van der Waals surface area contributed by atoms with Crippen molar-refractivity contribution in [2.45, 2.75) is 12.6 Å². The van der Waals surface area contributed by atoms with Gasteiger partial charge in [0.25, 0.3) is 0 Å². The molecule has 12 heavy (non-hydrogen) atoms. The first-order chi connectivity index (χ1) is 5.07. The summed E-state index contributed by atoms with van der Waals surface area (Å²) in [6.45, 7) is 0. The zero-order valence-electron chi connectivity index (χ0n) is 5.00. The lowest BCUT2D eigenvalue weighted by Gasteiger charge is -2.22. The molecule has 0 fully saturated rings. The van der Waals surface area contributed by atoms with Crippen molar-refractivity contribution >= 4 is 6.16 Å². The summed E-state index contributed by atoms with van der Waals surface area (Å²) < 4.78 is 78.5. The van der Waals surface area contributed by atoms with E-state index in [4.69, 9.17) is 0 Å². The number of halogens is 7. The average Bonchev–Trinajstić information content (AvgIpc) is 1.49. The second-order valence-electron chi connectivity index (χ2n) is 1.52. The molecular formula is C3F7NO. The molecule has 0 spiro atoms. The Kier molecular flexibility index (Phi) is 2.55. The first kappa shape index (κ1) is 11.0. The Morgan fingerprint density at radius 3 is 1.17 bits per heavy atom. The molecule has 72 valence electrons. The minimum absolute atomic E-state index is 2.76. The number of alkyl halides is 6. The number of nitrogens with zero attached hydrogens (tertiary/aromatic N) is 1. The Balaban J connectivity index is 4.82. The lowest BCUT2D eigenvalue weighted by Crippen LogP contribution is -2.49. The van der Waals surface area contributed by atoms with Crippen molar-refractivity contribution in [3.8, 4) is 0 Å². The molecule has 0 bridgehead atoms. The van der Waals surface area contributed by atoms with Gasteiger partial charge >= 0.3 is 18.8 Å². The lowest BCUT2D eigenvalue weighted by molar-refractivity contribution is -0.350. The summed E-state index contributed by atoms with van der Waals surface area (Å²) in [5.74, 6) is 0. The van der Waals surface area contributed by atoms with E-state index in [1.165, 1.54) is 0 Å². The molecule has 0 aromatic carbocycles. The molecule has 0 atom stereocenters. The summed E-state index contributed by atoms with van der Waals surface area (Å²) in [4.78, 5) is 6.49. The predicted molar refractivity (Wildman–Crippen MR) is 20.5 cm³/mol. The highest BCUT2D eigenvalue weighted by molar-refractivity contribution is 5.66. The normalized spacial score (nSPS) is 12.9. The fourth-order valence-corrected chi connectivity index (χ4v) is 0.343. The minimum atomic E-state index is -6.09. The fourth-order valence-electron chi connectivity index (χ4n) is 0.343. The van der Waals surface area contributed by atoms with Gasteiger partial charge in [0, 0.05) is 0 Å². The second-order valence-corrected chi connectivity index (χ2v) is 1.52. The molecule has 0 aromatic rings. The van der Waals surface area contributed by atoms with Gasteiger partial charge in [0.15, 0.2) is 0 Å². The molecular weight excluding hydrogens is 199 g/mol. The van der Waals surface area contributed by atoms with Crippen molar-refractivity contribution in [1.29, 1.82) is 0 Å². The Labute approximate surface area is 60.5 Å². The Hall–Kier alpha value is -1.02. The molecule has 9 heteroatoms. The summed E-state index contributed by atoms with van der Waals surface area (Å²) in [7, 11) is 0. The highest BCUT2D eigenvalue weighted by Crippen LogP contribution is 2.33. The maximum atomic E-state index is 11.2. The summed E-state index contributed by atoms with van der Waals surface area (Å²) in [5, 5.41) is 0. The monoisotopic (exact) mass is 199 g/mol. The third-order valence-corrected chi connectivity index (χ3v) is 0.683. The van der Waals surface area contributed by atoms with Crippen LogP contribution in [0.4, 0.5) is 35.5 Å². The average molecular weight is 199 g/mol. The fraction of sp³-hybridized carbons (Fsp3) is 0.667. The standard InChI is InChI=1S/C3F7NO/c4-1(12)11(2(5,6)7)3(8,9)10. The van der Waals surface area contributed by atoms with Crippen LogP contribution in [0.15, 0.2) is 0 Å². The number of carbonyl (C=O) groups is 1.